The summed E-state index contributed by atoms with van der Waals surface area (Å²) in [7, 11) is 0. The van der Waals surface area contributed by atoms with Crippen LogP contribution in [0.5, 0.6) is 0 Å². The van der Waals surface area contributed by atoms with E-state index in [4.69, 9.17) is 11.5 Å². The zero-order chi connectivity index (χ0) is 10.4. The molecule has 1 aliphatic carbocycles. The highest BCUT2D eigenvalue weighted by atomic mass is 16.3. The van der Waals surface area contributed by atoms with Crippen LogP contribution in [0, 0.1) is 12.3 Å². The van der Waals surface area contributed by atoms with Gasteiger partial charge >= 0.3 is 0 Å². The standard InChI is InChI=1S/C11H17NO2/c1-2-3-7-11(14)12(8-9-13)10-5-4-6-10/h1,10,13H,3-9H2. The van der Waals surface area contributed by atoms with Crippen LogP contribution < -0.4 is 0 Å². The highest BCUT2D eigenvalue weighted by Crippen LogP contribution is 2.25. The molecule has 0 heterocycles. The number of carbonyl (C=O) groups is 1. The van der Waals surface area contributed by atoms with E-state index in [1.54, 1.807) is 4.90 Å². The Morgan fingerprint density at radius 3 is 2.71 bits per heavy atom. The summed E-state index contributed by atoms with van der Waals surface area (Å²) in [6, 6.07) is 0.354. The predicted octanol–water partition coefficient (Wildman–Crippen LogP) is 0.773. The molecule has 0 saturated heterocycles. The molecule has 1 N–H and O–H groups in total. The number of hydrogen-bond acceptors (Lipinski definition) is 2. The zero-order valence-corrected chi connectivity index (χ0v) is 8.41. The van der Waals surface area contributed by atoms with E-state index in [1.807, 2.05) is 0 Å². The number of nitrogens with zero attached hydrogens (tertiary/aromatic N) is 1. The van der Waals surface area contributed by atoms with Crippen molar-refractivity contribution in [1.82, 2.24) is 4.90 Å². The van der Waals surface area contributed by atoms with E-state index < -0.39 is 0 Å². The third kappa shape index (κ3) is 2.74. The highest BCUT2D eigenvalue weighted by molar-refractivity contribution is 5.76. The first-order valence-corrected chi connectivity index (χ1v) is 5.13. The Balaban J connectivity index is 2.40. The molecular formula is C11H17NO2. The fourth-order valence-corrected chi connectivity index (χ4v) is 1.64. The molecule has 14 heavy (non-hydrogen) atoms. The van der Waals surface area contributed by atoms with Gasteiger partial charge in [0.05, 0.1) is 6.61 Å². The lowest BCUT2D eigenvalue weighted by Gasteiger charge is -2.37. The van der Waals surface area contributed by atoms with Crippen molar-refractivity contribution in [2.75, 3.05) is 13.2 Å². The fourth-order valence-electron chi connectivity index (χ4n) is 1.64. The summed E-state index contributed by atoms with van der Waals surface area (Å²) in [6.45, 7) is 0.492. The van der Waals surface area contributed by atoms with Gasteiger partial charge in [-0.25, -0.2) is 0 Å². The predicted molar refractivity (Wildman–Crippen MR) is 54.5 cm³/mol. The first-order chi connectivity index (χ1) is 6.79. The smallest absolute Gasteiger partial charge is 0.223 e. The highest BCUT2D eigenvalue weighted by Gasteiger charge is 2.27. The Labute approximate surface area is 85.1 Å². The van der Waals surface area contributed by atoms with Gasteiger partial charge in [-0.15, -0.1) is 12.3 Å². The monoisotopic (exact) mass is 195 g/mol. The largest absolute Gasteiger partial charge is 0.395 e. The molecule has 0 aromatic rings. The molecule has 1 rings (SSSR count). The summed E-state index contributed by atoms with van der Waals surface area (Å²) in [5.41, 5.74) is 0. The SMILES string of the molecule is C#CCCC(=O)N(CCO)C1CCC1. The molecule has 78 valence electrons. The lowest BCUT2D eigenvalue weighted by molar-refractivity contribution is -0.135. The summed E-state index contributed by atoms with van der Waals surface area (Å²) in [5, 5.41) is 8.85. The van der Waals surface area contributed by atoms with Gasteiger partial charge in [0, 0.05) is 25.4 Å². The van der Waals surface area contributed by atoms with E-state index in [2.05, 4.69) is 5.92 Å². The molecular weight excluding hydrogens is 178 g/mol. The Bertz CT molecular complexity index is 228. The van der Waals surface area contributed by atoms with Crippen LogP contribution in [0.4, 0.5) is 0 Å². The first kappa shape index (κ1) is 11.1. The van der Waals surface area contributed by atoms with Crippen LogP contribution in [0.25, 0.3) is 0 Å². The van der Waals surface area contributed by atoms with Crippen LogP contribution >= 0.6 is 0 Å². The normalized spacial score (nSPS) is 15.7. The first-order valence-electron chi connectivity index (χ1n) is 5.13. The number of terminal acetylenes is 1. The van der Waals surface area contributed by atoms with Gasteiger partial charge < -0.3 is 10.0 Å². The molecule has 0 aromatic carbocycles. The summed E-state index contributed by atoms with van der Waals surface area (Å²) >= 11 is 0. The van der Waals surface area contributed by atoms with Crippen molar-refractivity contribution < 1.29 is 9.90 Å². The minimum Gasteiger partial charge on any atom is -0.395 e. The minimum atomic E-state index is 0.0400. The zero-order valence-electron chi connectivity index (χ0n) is 8.41. The Kier molecular flexibility index (Phi) is 4.48. The van der Waals surface area contributed by atoms with E-state index >= 15 is 0 Å². The van der Waals surface area contributed by atoms with Crippen molar-refractivity contribution in [1.29, 1.82) is 0 Å². The molecule has 3 nitrogen and oxygen atoms in total. The lowest BCUT2D eigenvalue weighted by Crippen LogP contribution is -2.45. The molecule has 1 aliphatic rings. The molecule has 1 amide bonds. The van der Waals surface area contributed by atoms with Gasteiger partial charge in [-0.05, 0) is 19.3 Å². The molecule has 1 fully saturated rings. The number of aliphatic hydroxyl groups excluding tert-OH is 1. The number of hydrogen-bond donors (Lipinski definition) is 1. The quantitative estimate of drug-likeness (QED) is 0.658. The molecule has 0 atom stereocenters. The van der Waals surface area contributed by atoms with Crippen LogP contribution in [0.1, 0.15) is 32.1 Å². The lowest BCUT2D eigenvalue weighted by atomic mass is 9.91. The van der Waals surface area contributed by atoms with Gasteiger partial charge in [0.15, 0.2) is 0 Å². The molecule has 0 bridgehead atoms. The van der Waals surface area contributed by atoms with Crippen LogP contribution in [-0.2, 0) is 4.79 Å². The van der Waals surface area contributed by atoms with Crippen molar-refractivity contribution in [2.45, 2.75) is 38.1 Å². The van der Waals surface area contributed by atoms with Crippen LogP contribution in [0.3, 0.4) is 0 Å². The number of carbonyl (C=O) groups excluding carboxylic acids is 1. The van der Waals surface area contributed by atoms with Crippen molar-refractivity contribution in [2.24, 2.45) is 0 Å². The minimum absolute atomic E-state index is 0.0400. The van der Waals surface area contributed by atoms with E-state index in [1.165, 1.54) is 6.42 Å². The Morgan fingerprint density at radius 2 is 2.29 bits per heavy atom. The molecule has 0 radical (unpaired) electrons. The van der Waals surface area contributed by atoms with Crippen molar-refractivity contribution in [3.05, 3.63) is 0 Å². The van der Waals surface area contributed by atoms with Gasteiger partial charge in [0.2, 0.25) is 5.91 Å². The molecule has 0 unspecified atom stereocenters. The van der Waals surface area contributed by atoms with E-state index in [0.717, 1.165) is 12.8 Å². The van der Waals surface area contributed by atoms with Gasteiger partial charge in [-0.3, -0.25) is 4.79 Å². The van der Waals surface area contributed by atoms with Crippen LogP contribution in [0.2, 0.25) is 0 Å². The summed E-state index contributed by atoms with van der Waals surface area (Å²) < 4.78 is 0. The maximum absolute atomic E-state index is 11.6. The number of rotatable bonds is 5. The number of amides is 1. The van der Waals surface area contributed by atoms with Crippen LogP contribution in [0.15, 0.2) is 0 Å². The topological polar surface area (TPSA) is 40.5 Å². The number of aliphatic hydroxyl groups is 1. The maximum Gasteiger partial charge on any atom is 0.223 e. The summed E-state index contributed by atoms with van der Waals surface area (Å²) in [6.07, 6.45) is 9.34. The third-order valence-corrected chi connectivity index (χ3v) is 2.66. The average Bonchev–Trinajstić information content (AvgIpc) is 2.10. The second kappa shape index (κ2) is 5.66. The molecule has 3 heteroatoms. The second-order valence-corrected chi connectivity index (χ2v) is 3.60. The van der Waals surface area contributed by atoms with E-state index in [-0.39, 0.29) is 12.5 Å². The Hall–Kier alpha value is -1.01. The van der Waals surface area contributed by atoms with Crippen molar-refractivity contribution in [3.63, 3.8) is 0 Å². The fraction of sp³-hybridized carbons (Fsp3) is 0.727. The molecule has 0 spiro atoms. The van der Waals surface area contributed by atoms with Gasteiger partial charge in [-0.2, -0.15) is 0 Å². The van der Waals surface area contributed by atoms with E-state index in [9.17, 15) is 4.79 Å². The van der Waals surface area contributed by atoms with Gasteiger partial charge in [0.1, 0.15) is 0 Å². The van der Waals surface area contributed by atoms with Gasteiger partial charge in [0.25, 0.3) is 0 Å². The molecule has 0 aliphatic heterocycles. The second-order valence-electron chi connectivity index (χ2n) is 3.60. The maximum atomic E-state index is 11.6. The van der Waals surface area contributed by atoms with Crippen LogP contribution in [-0.4, -0.2) is 35.1 Å². The van der Waals surface area contributed by atoms with Crippen molar-refractivity contribution in [3.8, 4) is 12.3 Å². The van der Waals surface area contributed by atoms with Gasteiger partial charge in [-0.1, -0.05) is 0 Å². The molecule has 0 aromatic heterocycles. The summed E-state index contributed by atoms with van der Waals surface area (Å²) in [4.78, 5) is 13.4. The third-order valence-electron chi connectivity index (χ3n) is 2.66. The van der Waals surface area contributed by atoms with E-state index in [0.29, 0.717) is 25.4 Å². The Morgan fingerprint density at radius 1 is 1.57 bits per heavy atom. The average molecular weight is 195 g/mol. The molecule has 1 saturated carbocycles. The summed E-state index contributed by atoms with van der Waals surface area (Å²) in [5.74, 6) is 2.55. The van der Waals surface area contributed by atoms with Crippen molar-refractivity contribution >= 4 is 5.91 Å².